The molecule has 1 amide bonds. The zero-order valence-corrected chi connectivity index (χ0v) is 15.2. The van der Waals surface area contributed by atoms with E-state index in [1.807, 2.05) is 0 Å². The predicted molar refractivity (Wildman–Crippen MR) is 90.5 cm³/mol. The summed E-state index contributed by atoms with van der Waals surface area (Å²) in [4.78, 5) is 23.1. The Balaban J connectivity index is 1.97. The summed E-state index contributed by atoms with van der Waals surface area (Å²) in [5.74, 6) is -1.29. The van der Waals surface area contributed by atoms with Gasteiger partial charge in [-0.3, -0.25) is 9.59 Å². The highest BCUT2D eigenvalue weighted by molar-refractivity contribution is 7.91. The molecule has 2 N–H and O–H groups in total. The quantitative estimate of drug-likeness (QED) is 0.752. The highest BCUT2D eigenvalue weighted by atomic mass is 32.2. The molecule has 0 spiro atoms. The average Bonchev–Trinajstić information content (AvgIpc) is 2.96. The van der Waals surface area contributed by atoms with E-state index in [1.165, 1.54) is 10.4 Å². The van der Waals surface area contributed by atoms with Crippen molar-refractivity contribution in [2.75, 3.05) is 13.1 Å². The molecule has 1 aliphatic heterocycles. The molecule has 2 heterocycles. The second kappa shape index (κ2) is 8.09. The van der Waals surface area contributed by atoms with Crippen LogP contribution in [0.15, 0.2) is 16.3 Å². The Morgan fingerprint density at radius 2 is 1.96 bits per heavy atom. The molecule has 9 heteroatoms. The second-order valence-corrected chi connectivity index (χ2v) is 9.26. The van der Waals surface area contributed by atoms with Crippen molar-refractivity contribution in [2.45, 2.75) is 49.3 Å². The maximum absolute atomic E-state index is 12.6. The first-order valence-corrected chi connectivity index (χ1v) is 10.1. The number of nitrogens with one attached hydrogen (secondary N) is 1. The molecule has 1 aliphatic rings. The summed E-state index contributed by atoms with van der Waals surface area (Å²) in [6.45, 7) is 2.71. The molecule has 0 saturated carbocycles. The van der Waals surface area contributed by atoms with Crippen LogP contribution in [0.4, 0.5) is 0 Å². The zero-order chi connectivity index (χ0) is 17.7. The summed E-state index contributed by atoms with van der Waals surface area (Å²) in [6, 6.07) is 2.72. The van der Waals surface area contributed by atoms with Crippen molar-refractivity contribution in [1.29, 1.82) is 0 Å². The topological polar surface area (TPSA) is 104 Å². The van der Waals surface area contributed by atoms with Crippen LogP contribution in [0, 0.1) is 0 Å². The minimum atomic E-state index is -3.47. The van der Waals surface area contributed by atoms with Gasteiger partial charge in [0.15, 0.2) is 0 Å². The van der Waals surface area contributed by atoms with Crippen molar-refractivity contribution < 1.29 is 23.1 Å². The summed E-state index contributed by atoms with van der Waals surface area (Å²) in [7, 11) is -3.47. The van der Waals surface area contributed by atoms with Crippen LogP contribution < -0.4 is 5.32 Å². The van der Waals surface area contributed by atoms with Crippen molar-refractivity contribution >= 4 is 33.2 Å². The smallest absolute Gasteiger partial charge is 0.305 e. The van der Waals surface area contributed by atoms with Crippen LogP contribution in [0.2, 0.25) is 0 Å². The van der Waals surface area contributed by atoms with Gasteiger partial charge in [0.2, 0.25) is 5.91 Å². The molecule has 1 saturated heterocycles. The van der Waals surface area contributed by atoms with Crippen LogP contribution in [0.25, 0.3) is 0 Å². The van der Waals surface area contributed by atoms with Crippen LogP contribution in [0.5, 0.6) is 0 Å². The van der Waals surface area contributed by atoms with Gasteiger partial charge in [-0.25, -0.2) is 8.42 Å². The summed E-state index contributed by atoms with van der Waals surface area (Å²) < 4.78 is 26.9. The normalized spacial score (nSPS) is 17.4. The zero-order valence-electron chi connectivity index (χ0n) is 13.5. The van der Waals surface area contributed by atoms with E-state index in [0.717, 1.165) is 30.6 Å². The number of carbonyl (C=O) groups is 2. The first-order chi connectivity index (χ1) is 11.3. The van der Waals surface area contributed by atoms with E-state index in [4.69, 9.17) is 5.11 Å². The number of rotatable bonds is 7. The van der Waals surface area contributed by atoms with E-state index in [0.29, 0.717) is 18.0 Å². The molecule has 1 fully saturated rings. The third-order valence-electron chi connectivity index (χ3n) is 3.77. The second-order valence-electron chi connectivity index (χ2n) is 5.93. The van der Waals surface area contributed by atoms with Crippen LogP contribution in [0.1, 0.15) is 37.5 Å². The number of thiophene rings is 1. The molecule has 1 aromatic heterocycles. The Morgan fingerprint density at radius 1 is 1.29 bits per heavy atom. The van der Waals surface area contributed by atoms with Crippen molar-refractivity contribution in [3.8, 4) is 0 Å². The Labute approximate surface area is 145 Å². The molecule has 1 atom stereocenters. The lowest BCUT2D eigenvalue weighted by Gasteiger charge is -2.25. The SMILES string of the molecule is CC(CC(=O)O)NC(=O)Cc1ccc(S(=O)(=O)N2CCCCC2)s1. The fraction of sp³-hybridized carbons (Fsp3) is 0.600. The van der Waals surface area contributed by atoms with Gasteiger partial charge in [0.05, 0.1) is 12.8 Å². The lowest BCUT2D eigenvalue weighted by molar-refractivity contribution is -0.137. The van der Waals surface area contributed by atoms with Gasteiger partial charge >= 0.3 is 5.97 Å². The minimum Gasteiger partial charge on any atom is -0.481 e. The fourth-order valence-corrected chi connectivity index (χ4v) is 5.65. The molecule has 1 aromatic rings. The number of hydrogen-bond donors (Lipinski definition) is 2. The average molecular weight is 374 g/mol. The van der Waals surface area contributed by atoms with Gasteiger partial charge in [-0.15, -0.1) is 11.3 Å². The molecular weight excluding hydrogens is 352 g/mol. The third kappa shape index (κ3) is 5.02. The number of carboxylic acid groups (broad SMARTS) is 1. The molecule has 7 nitrogen and oxygen atoms in total. The van der Waals surface area contributed by atoms with Gasteiger partial charge in [-0.1, -0.05) is 6.42 Å². The van der Waals surface area contributed by atoms with Crippen LogP contribution in [0.3, 0.4) is 0 Å². The number of carbonyl (C=O) groups excluding carboxylic acids is 1. The third-order valence-corrected chi connectivity index (χ3v) is 7.22. The lowest BCUT2D eigenvalue weighted by Crippen LogP contribution is -2.35. The van der Waals surface area contributed by atoms with Crippen LogP contribution in [-0.4, -0.2) is 48.8 Å². The Bertz CT molecular complexity index is 692. The first-order valence-electron chi connectivity index (χ1n) is 7.89. The van der Waals surface area contributed by atoms with Gasteiger partial charge in [-0.2, -0.15) is 4.31 Å². The van der Waals surface area contributed by atoms with Crippen LogP contribution in [-0.2, 0) is 26.0 Å². The van der Waals surface area contributed by atoms with Gasteiger partial charge in [0, 0.05) is 24.0 Å². The lowest BCUT2D eigenvalue weighted by atomic mass is 10.2. The maximum atomic E-state index is 12.6. The Hall–Kier alpha value is -1.45. The monoisotopic (exact) mass is 374 g/mol. The molecule has 1 unspecified atom stereocenters. The Morgan fingerprint density at radius 3 is 2.58 bits per heavy atom. The molecule has 0 aliphatic carbocycles. The largest absolute Gasteiger partial charge is 0.481 e. The number of aliphatic carboxylic acids is 1. The molecule has 134 valence electrons. The summed E-state index contributed by atoms with van der Waals surface area (Å²) in [5.41, 5.74) is 0. The molecule has 0 aromatic carbocycles. The molecule has 0 radical (unpaired) electrons. The molecule has 24 heavy (non-hydrogen) atoms. The fourth-order valence-electron chi connectivity index (χ4n) is 2.62. The van der Waals surface area contributed by atoms with E-state index in [1.54, 1.807) is 13.0 Å². The van der Waals surface area contributed by atoms with Gasteiger partial charge < -0.3 is 10.4 Å². The summed E-state index contributed by atoms with van der Waals surface area (Å²) in [6.07, 6.45) is 2.70. The summed E-state index contributed by atoms with van der Waals surface area (Å²) in [5, 5.41) is 11.3. The van der Waals surface area contributed by atoms with Crippen LogP contribution >= 0.6 is 11.3 Å². The van der Waals surface area contributed by atoms with E-state index in [9.17, 15) is 18.0 Å². The number of sulfonamides is 1. The molecular formula is C15H22N2O5S2. The standard InChI is InChI=1S/C15H22N2O5S2/c1-11(9-14(19)20)16-13(18)10-12-5-6-15(23-12)24(21,22)17-7-3-2-4-8-17/h5-6,11H,2-4,7-10H2,1H3,(H,16,18)(H,19,20). The van der Waals surface area contributed by atoms with Gasteiger partial charge in [0.1, 0.15) is 4.21 Å². The first kappa shape index (κ1) is 18.9. The maximum Gasteiger partial charge on any atom is 0.305 e. The van der Waals surface area contributed by atoms with E-state index in [-0.39, 0.29) is 23.0 Å². The molecule has 0 bridgehead atoms. The van der Waals surface area contributed by atoms with E-state index < -0.39 is 22.0 Å². The minimum absolute atomic E-state index is 0.0458. The predicted octanol–water partition coefficient (Wildman–Crippen LogP) is 1.44. The van der Waals surface area contributed by atoms with Gasteiger partial charge in [0.25, 0.3) is 10.0 Å². The van der Waals surface area contributed by atoms with E-state index in [2.05, 4.69) is 5.32 Å². The summed E-state index contributed by atoms with van der Waals surface area (Å²) >= 11 is 1.10. The number of piperidine rings is 1. The van der Waals surface area contributed by atoms with Crippen molar-refractivity contribution in [3.05, 3.63) is 17.0 Å². The van der Waals surface area contributed by atoms with Crippen molar-refractivity contribution in [2.24, 2.45) is 0 Å². The highest BCUT2D eigenvalue weighted by Crippen LogP contribution is 2.27. The number of hydrogen-bond acceptors (Lipinski definition) is 5. The van der Waals surface area contributed by atoms with E-state index >= 15 is 0 Å². The number of nitrogens with zero attached hydrogens (tertiary/aromatic N) is 1. The Kier molecular flexibility index (Phi) is 6.36. The highest BCUT2D eigenvalue weighted by Gasteiger charge is 2.27. The van der Waals surface area contributed by atoms with Gasteiger partial charge in [-0.05, 0) is 31.9 Å². The molecule has 2 rings (SSSR count). The number of carboxylic acids is 1. The van der Waals surface area contributed by atoms with Crippen molar-refractivity contribution in [3.63, 3.8) is 0 Å². The van der Waals surface area contributed by atoms with Crippen molar-refractivity contribution in [1.82, 2.24) is 9.62 Å². The number of amides is 1.